The molecule has 0 aliphatic heterocycles. The minimum Gasteiger partial charge on any atom is -0.307 e. The van der Waals surface area contributed by atoms with E-state index in [2.05, 4.69) is 18.8 Å². The van der Waals surface area contributed by atoms with Gasteiger partial charge in [0.25, 0.3) is 0 Å². The van der Waals surface area contributed by atoms with Crippen LogP contribution in [-0.2, 0) is 0 Å². The quantitative estimate of drug-likeness (QED) is 0.451. The van der Waals surface area contributed by atoms with E-state index >= 15 is 0 Å². The topological polar surface area (TPSA) is 36.2 Å². The van der Waals surface area contributed by atoms with Crippen molar-refractivity contribution in [3.8, 4) is 0 Å². The highest BCUT2D eigenvalue weighted by Crippen LogP contribution is 2.08. The van der Waals surface area contributed by atoms with Gasteiger partial charge in [-0.25, -0.2) is 0 Å². The Labute approximate surface area is 69.2 Å². The number of aliphatic imine (C=N–C) groups is 1. The Morgan fingerprint density at radius 3 is 2.82 bits per heavy atom. The van der Waals surface area contributed by atoms with Crippen molar-refractivity contribution in [3.63, 3.8) is 0 Å². The van der Waals surface area contributed by atoms with Crippen molar-refractivity contribution < 1.29 is 0 Å². The van der Waals surface area contributed by atoms with Crippen molar-refractivity contribution in [3.05, 3.63) is 0 Å². The molecule has 1 atom stereocenters. The summed E-state index contributed by atoms with van der Waals surface area (Å²) in [7, 11) is 0. The molecule has 64 valence electrons. The van der Waals surface area contributed by atoms with E-state index < -0.39 is 0 Å². The van der Waals surface area contributed by atoms with Crippen LogP contribution in [0.15, 0.2) is 4.99 Å². The van der Waals surface area contributed by atoms with E-state index in [0.29, 0.717) is 0 Å². The first-order valence-electron chi connectivity index (χ1n) is 4.30. The summed E-state index contributed by atoms with van der Waals surface area (Å²) in [6.45, 7) is 5.35. The lowest BCUT2D eigenvalue weighted by molar-refractivity contribution is 0.500. The fourth-order valence-corrected chi connectivity index (χ4v) is 0.862. The van der Waals surface area contributed by atoms with Gasteiger partial charge in [-0.05, 0) is 18.8 Å². The molecule has 0 aliphatic rings. The summed E-state index contributed by atoms with van der Waals surface area (Å²) in [6.07, 6.45) is 6.44. The highest BCUT2D eigenvalue weighted by Gasteiger charge is 1.95. The molecule has 0 saturated carbocycles. The van der Waals surface area contributed by atoms with Gasteiger partial charge in [0.1, 0.15) is 0 Å². The Hall–Kier alpha value is -0.660. The SMILES string of the molecule is CCC(C)CCC/N=C\C=N. The van der Waals surface area contributed by atoms with E-state index in [0.717, 1.165) is 18.9 Å². The predicted octanol–water partition coefficient (Wildman–Crippen LogP) is 2.53. The minimum absolute atomic E-state index is 0.824. The molecule has 0 aliphatic carbocycles. The normalized spacial score (nSPS) is 13.6. The van der Waals surface area contributed by atoms with Gasteiger partial charge in [-0.1, -0.05) is 20.3 Å². The summed E-state index contributed by atoms with van der Waals surface area (Å²) >= 11 is 0. The number of hydrogen-bond acceptors (Lipinski definition) is 2. The van der Waals surface area contributed by atoms with E-state index in [9.17, 15) is 0 Å². The number of rotatable bonds is 6. The Kier molecular flexibility index (Phi) is 7.00. The molecule has 0 bridgehead atoms. The third kappa shape index (κ3) is 7.23. The van der Waals surface area contributed by atoms with Crippen molar-refractivity contribution >= 4 is 12.4 Å². The first-order chi connectivity index (χ1) is 5.31. The number of nitrogens with one attached hydrogen (secondary N) is 1. The molecule has 0 radical (unpaired) electrons. The molecule has 0 heterocycles. The maximum atomic E-state index is 6.68. The van der Waals surface area contributed by atoms with Gasteiger partial charge < -0.3 is 5.41 Å². The molecule has 0 aromatic heterocycles. The van der Waals surface area contributed by atoms with E-state index in [1.54, 1.807) is 6.21 Å². The van der Waals surface area contributed by atoms with Crippen molar-refractivity contribution in [1.29, 1.82) is 5.41 Å². The molecule has 2 nitrogen and oxygen atoms in total. The molecule has 0 saturated heterocycles. The Morgan fingerprint density at radius 2 is 2.27 bits per heavy atom. The summed E-state index contributed by atoms with van der Waals surface area (Å²) in [5.41, 5.74) is 0. The van der Waals surface area contributed by atoms with Crippen LogP contribution in [0.4, 0.5) is 0 Å². The maximum Gasteiger partial charge on any atom is 0.0390 e. The second-order valence-corrected chi connectivity index (χ2v) is 2.88. The molecule has 1 N–H and O–H groups in total. The third-order valence-electron chi connectivity index (χ3n) is 1.86. The zero-order valence-corrected chi connectivity index (χ0v) is 7.51. The zero-order valence-electron chi connectivity index (χ0n) is 7.51. The molecule has 1 unspecified atom stereocenters. The second-order valence-electron chi connectivity index (χ2n) is 2.88. The second kappa shape index (κ2) is 7.45. The van der Waals surface area contributed by atoms with Crippen LogP contribution in [-0.4, -0.2) is 19.0 Å². The summed E-state index contributed by atoms with van der Waals surface area (Å²) in [6, 6.07) is 0. The first kappa shape index (κ1) is 10.3. The van der Waals surface area contributed by atoms with Crippen molar-refractivity contribution in [2.75, 3.05) is 6.54 Å². The van der Waals surface area contributed by atoms with Crippen molar-refractivity contribution in [2.24, 2.45) is 10.9 Å². The molecule has 0 amide bonds. The van der Waals surface area contributed by atoms with E-state index in [-0.39, 0.29) is 0 Å². The monoisotopic (exact) mass is 154 g/mol. The standard InChI is InChI=1S/C9H18N2/c1-3-9(2)5-4-7-11-8-6-10/h6,8-10H,3-5,7H2,1-2H3/b10-6?,11-8-. The zero-order chi connectivity index (χ0) is 8.53. The van der Waals surface area contributed by atoms with Crippen LogP contribution >= 0.6 is 0 Å². The van der Waals surface area contributed by atoms with Gasteiger partial charge in [-0.15, -0.1) is 0 Å². The van der Waals surface area contributed by atoms with Gasteiger partial charge in [0.05, 0.1) is 0 Å². The molecular weight excluding hydrogens is 136 g/mol. The van der Waals surface area contributed by atoms with Gasteiger partial charge in [0.2, 0.25) is 0 Å². The van der Waals surface area contributed by atoms with Crippen molar-refractivity contribution in [2.45, 2.75) is 33.1 Å². The lowest BCUT2D eigenvalue weighted by atomic mass is 10.0. The average Bonchev–Trinajstić information content (AvgIpc) is 2.04. The molecule has 0 aromatic rings. The van der Waals surface area contributed by atoms with Gasteiger partial charge >= 0.3 is 0 Å². The smallest absolute Gasteiger partial charge is 0.0390 e. The van der Waals surface area contributed by atoms with Crippen LogP contribution in [0.1, 0.15) is 33.1 Å². The summed E-state index contributed by atoms with van der Waals surface area (Å²) < 4.78 is 0. The van der Waals surface area contributed by atoms with Gasteiger partial charge in [0.15, 0.2) is 0 Å². The maximum absolute atomic E-state index is 6.68. The van der Waals surface area contributed by atoms with Crippen LogP contribution in [0.2, 0.25) is 0 Å². The number of nitrogens with zero attached hydrogens (tertiary/aromatic N) is 1. The lowest BCUT2D eigenvalue weighted by Gasteiger charge is -2.04. The van der Waals surface area contributed by atoms with Crippen LogP contribution in [0.5, 0.6) is 0 Å². The van der Waals surface area contributed by atoms with Gasteiger partial charge in [-0.3, -0.25) is 4.99 Å². The fraction of sp³-hybridized carbons (Fsp3) is 0.778. The molecule has 0 spiro atoms. The Bertz CT molecular complexity index is 119. The van der Waals surface area contributed by atoms with Crippen molar-refractivity contribution in [1.82, 2.24) is 0 Å². The molecule has 0 aromatic carbocycles. The first-order valence-corrected chi connectivity index (χ1v) is 4.30. The Morgan fingerprint density at radius 1 is 1.55 bits per heavy atom. The van der Waals surface area contributed by atoms with Crippen LogP contribution in [0, 0.1) is 11.3 Å². The molecule has 0 rings (SSSR count). The predicted molar refractivity (Wildman–Crippen MR) is 50.8 cm³/mol. The fourth-order valence-electron chi connectivity index (χ4n) is 0.862. The average molecular weight is 154 g/mol. The highest BCUT2D eigenvalue weighted by atomic mass is 14.7. The molecular formula is C9H18N2. The summed E-state index contributed by atoms with van der Waals surface area (Å²) in [5, 5.41) is 6.68. The van der Waals surface area contributed by atoms with Crippen LogP contribution in [0.3, 0.4) is 0 Å². The summed E-state index contributed by atoms with van der Waals surface area (Å²) in [5.74, 6) is 0.824. The minimum atomic E-state index is 0.824. The largest absolute Gasteiger partial charge is 0.307 e. The molecule has 0 fully saturated rings. The molecule has 11 heavy (non-hydrogen) atoms. The van der Waals surface area contributed by atoms with Crippen LogP contribution in [0.25, 0.3) is 0 Å². The lowest BCUT2D eigenvalue weighted by Crippen LogP contribution is -1.93. The van der Waals surface area contributed by atoms with E-state index in [1.165, 1.54) is 19.1 Å². The van der Waals surface area contributed by atoms with Crippen LogP contribution < -0.4 is 0 Å². The number of hydrogen-bond donors (Lipinski definition) is 1. The van der Waals surface area contributed by atoms with Gasteiger partial charge in [0, 0.05) is 19.0 Å². The third-order valence-corrected chi connectivity index (χ3v) is 1.86. The summed E-state index contributed by atoms with van der Waals surface area (Å²) in [4.78, 5) is 4.03. The molecule has 2 heteroatoms. The van der Waals surface area contributed by atoms with E-state index in [1.807, 2.05) is 0 Å². The van der Waals surface area contributed by atoms with E-state index in [4.69, 9.17) is 5.41 Å². The van der Waals surface area contributed by atoms with Gasteiger partial charge in [-0.2, -0.15) is 0 Å². The highest BCUT2D eigenvalue weighted by molar-refractivity contribution is 6.14. The Balaban J connectivity index is 3.13.